The van der Waals surface area contributed by atoms with Crippen LogP contribution in [0.1, 0.15) is 131 Å². The molecule has 7 heterocycles. The Morgan fingerprint density at radius 3 is 2.34 bits per heavy atom. The number of carbonyl (C=O) groups is 4. The summed E-state index contributed by atoms with van der Waals surface area (Å²) < 4.78 is 41.6. The molecule has 0 radical (unpaired) electrons. The standard InChI is InChI=1S/C54H63FN10O8S/c1-26(2)45(62-53(68)70-5)51(67)64-15-7-8-40(64)48-57-24-38(60-48)32-20-35(55)44-41-21-33-19-31(13-14-39(33)65(41)52(73-42(44)22-32)50-58-25-43(74-50)30-11-12-30)37-23-56-47(59-37)36(18-29-9-10-29)61-49(66)46(63-54(69)71-6)34-16-27(3)72-28(4)17-34/h13-14,19-30,34,36,40,45-46,52H,7-12,15-18H2,1-6H3,(H,56,59)(H,57,60)(H,61,66)(H,62,68)(H,63,69)/t27-,28+,34?,36-,40-,45-,46?,52?/m0/s1. The molecule has 3 aliphatic heterocycles. The summed E-state index contributed by atoms with van der Waals surface area (Å²) in [6.45, 7) is 8.21. The second-order valence-corrected chi connectivity index (χ2v) is 22.2. The van der Waals surface area contributed by atoms with Gasteiger partial charge in [-0.1, -0.05) is 32.8 Å². The minimum Gasteiger partial charge on any atom is -0.462 e. The smallest absolute Gasteiger partial charge is 0.407 e. The molecule has 4 fully saturated rings. The largest absolute Gasteiger partial charge is 0.462 e. The number of benzene rings is 2. The van der Waals surface area contributed by atoms with Crippen LogP contribution in [0.3, 0.4) is 0 Å². The van der Waals surface area contributed by atoms with Crippen molar-refractivity contribution in [3.05, 3.63) is 82.3 Å². The average molecular weight is 1030 g/mol. The first-order chi connectivity index (χ1) is 35.7. The molecule has 11 rings (SSSR count). The lowest BCUT2D eigenvalue weighted by atomic mass is 9.85. The fraction of sp³-hybridized carbons (Fsp3) is 0.500. The van der Waals surface area contributed by atoms with Gasteiger partial charge in [-0.3, -0.25) is 14.2 Å². The van der Waals surface area contributed by atoms with Crippen molar-refractivity contribution in [1.82, 2.24) is 50.3 Å². The molecule has 0 spiro atoms. The van der Waals surface area contributed by atoms with E-state index >= 15 is 4.39 Å². The third-order valence-corrected chi connectivity index (χ3v) is 16.5. The van der Waals surface area contributed by atoms with Gasteiger partial charge in [0.05, 0.1) is 79.1 Å². The topological polar surface area (TPSA) is 220 Å². The van der Waals surface area contributed by atoms with Crippen molar-refractivity contribution in [2.24, 2.45) is 17.8 Å². The van der Waals surface area contributed by atoms with Gasteiger partial charge < -0.3 is 49.8 Å². The van der Waals surface area contributed by atoms with E-state index in [2.05, 4.69) is 32.0 Å². The molecule has 3 unspecified atom stereocenters. The second kappa shape index (κ2) is 20.1. The summed E-state index contributed by atoms with van der Waals surface area (Å²) in [6.07, 6.45) is 10.9. The van der Waals surface area contributed by atoms with Crippen molar-refractivity contribution in [2.75, 3.05) is 20.8 Å². The maximum absolute atomic E-state index is 17.0. The number of nitrogens with zero attached hydrogens (tertiary/aromatic N) is 5. The van der Waals surface area contributed by atoms with Gasteiger partial charge in [-0.2, -0.15) is 0 Å². The van der Waals surface area contributed by atoms with Crippen molar-refractivity contribution in [3.8, 4) is 39.5 Å². The van der Waals surface area contributed by atoms with E-state index < -0.39 is 42.4 Å². The molecule has 2 saturated heterocycles. The fourth-order valence-corrected chi connectivity index (χ4v) is 12.3. The van der Waals surface area contributed by atoms with Crippen LogP contribution in [0.5, 0.6) is 5.75 Å². The number of carbonyl (C=O) groups excluding carboxylic acids is 4. The SMILES string of the molecule is COC(=O)NC(C(=O)N[C@@H](CC1CC1)c1ncc(-c2ccc3c(c2)cc2n3C(c3ncc(C4CC4)s3)Oc3cc(-c4cnc([C@@H]5CCCN5C(=O)[C@@H](NC(=O)OC)C(C)C)[nH]4)cc(F)c3-2)[nH]1)C1C[C@@H](C)O[C@@H](C)C1. The third-order valence-electron chi connectivity index (χ3n) is 15.3. The molecule has 6 aromatic rings. The van der Waals surface area contributed by atoms with Crippen LogP contribution in [-0.2, 0) is 23.8 Å². The lowest BCUT2D eigenvalue weighted by Gasteiger charge is -2.36. The summed E-state index contributed by atoms with van der Waals surface area (Å²) in [5, 5.41) is 10.4. The average Bonchev–Trinajstić information content (AvgIpc) is 3.96. The quantitative estimate of drug-likeness (QED) is 0.0652. The van der Waals surface area contributed by atoms with Gasteiger partial charge in [-0.15, -0.1) is 11.3 Å². The molecule has 5 aliphatic rings. The number of nitrogens with one attached hydrogen (secondary N) is 5. The van der Waals surface area contributed by atoms with E-state index in [1.807, 2.05) is 62.7 Å². The predicted molar refractivity (Wildman–Crippen MR) is 273 cm³/mol. The maximum Gasteiger partial charge on any atom is 0.407 e. The predicted octanol–water partition coefficient (Wildman–Crippen LogP) is 9.43. The Morgan fingerprint density at radius 1 is 0.865 bits per heavy atom. The van der Waals surface area contributed by atoms with Gasteiger partial charge in [0.25, 0.3) is 0 Å². The number of aromatic nitrogens is 6. The number of thiazole rings is 1. The lowest BCUT2D eigenvalue weighted by molar-refractivity contribution is -0.135. The number of alkyl carbamates (subject to hydrolysis) is 2. The van der Waals surface area contributed by atoms with Gasteiger partial charge in [0, 0.05) is 34.1 Å². The number of ether oxygens (including phenoxy) is 4. The van der Waals surface area contributed by atoms with Crippen molar-refractivity contribution >= 4 is 46.2 Å². The molecular formula is C54H63FN10O8S. The number of amides is 4. The zero-order chi connectivity index (χ0) is 51.5. The third kappa shape index (κ3) is 9.85. The summed E-state index contributed by atoms with van der Waals surface area (Å²) >= 11 is 1.62. The van der Waals surface area contributed by atoms with Crippen LogP contribution in [0.4, 0.5) is 14.0 Å². The first-order valence-electron chi connectivity index (χ1n) is 25.9. The summed E-state index contributed by atoms with van der Waals surface area (Å²) in [7, 11) is 2.56. The summed E-state index contributed by atoms with van der Waals surface area (Å²) in [5.41, 5.74) is 4.48. The number of halogens is 1. The van der Waals surface area contributed by atoms with Gasteiger partial charge in [0.15, 0.2) is 5.01 Å². The molecule has 74 heavy (non-hydrogen) atoms. The highest BCUT2D eigenvalue weighted by atomic mass is 32.1. The zero-order valence-electron chi connectivity index (χ0n) is 42.4. The highest BCUT2D eigenvalue weighted by molar-refractivity contribution is 7.11. The number of hydrogen-bond donors (Lipinski definition) is 5. The van der Waals surface area contributed by atoms with Crippen LogP contribution in [0.15, 0.2) is 55.0 Å². The number of imidazole rings is 2. The van der Waals surface area contributed by atoms with Crippen LogP contribution in [0, 0.1) is 23.6 Å². The number of rotatable bonds is 15. The monoisotopic (exact) mass is 1030 g/mol. The summed E-state index contributed by atoms with van der Waals surface area (Å²) in [5.74, 6) is 1.15. The van der Waals surface area contributed by atoms with E-state index in [4.69, 9.17) is 33.9 Å². The number of hydrogen-bond acceptors (Lipinski definition) is 12. The molecule has 4 amide bonds. The number of methoxy groups -OCH3 is 2. The van der Waals surface area contributed by atoms with E-state index in [0.717, 1.165) is 59.3 Å². The van der Waals surface area contributed by atoms with Crippen molar-refractivity contribution in [3.63, 3.8) is 0 Å². The van der Waals surface area contributed by atoms with Crippen molar-refractivity contribution in [2.45, 2.75) is 134 Å². The molecule has 4 aromatic heterocycles. The lowest BCUT2D eigenvalue weighted by Crippen LogP contribution is -2.54. The van der Waals surface area contributed by atoms with E-state index in [1.54, 1.807) is 28.6 Å². The molecule has 2 aliphatic carbocycles. The number of H-pyrrole nitrogens is 2. The molecule has 0 bridgehead atoms. The van der Waals surface area contributed by atoms with Crippen LogP contribution in [0.25, 0.3) is 44.7 Å². The Kier molecular flexibility index (Phi) is 13.5. The molecule has 390 valence electrons. The van der Waals surface area contributed by atoms with Gasteiger partial charge in [-0.25, -0.2) is 28.9 Å². The minimum atomic E-state index is -0.817. The van der Waals surface area contributed by atoms with Crippen LogP contribution < -0.4 is 20.7 Å². The van der Waals surface area contributed by atoms with E-state index in [-0.39, 0.29) is 41.9 Å². The number of fused-ring (bicyclic) bond motifs is 5. The van der Waals surface area contributed by atoms with Gasteiger partial charge in [0.2, 0.25) is 18.0 Å². The molecule has 2 saturated carbocycles. The highest BCUT2D eigenvalue weighted by Crippen LogP contribution is 2.50. The Labute approximate surface area is 431 Å². The van der Waals surface area contributed by atoms with Crippen molar-refractivity contribution in [1.29, 1.82) is 0 Å². The Bertz CT molecular complexity index is 3090. The first kappa shape index (κ1) is 49.4. The minimum absolute atomic E-state index is 0.0636. The Morgan fingerprint density at radius 2 is 1.61 bits per heavy atom. The highest BCUT2D eigenvalue weighted by Gasteiger charge is 2.41. The van der Waals surface area contributed by atoms with Crippen molar-refractivity contribution < 1.29 is 42.5 Å². The Balaban J connectivity index is 0.894. The Hall–Kier alpha value is -6.80. The molecule has 5 N–H and O–H groups in total. The van der Waals surface area contributed by atoms with Crippen LogP contribution in [0.2, 0.25) is 0 Å². The van der Waals surface area contributed by atoms with Gasteiger partial charge >= 0.3 is 12.2 Å². The van der Waals surface area contributed by atoms with Gasteiger partial charge in [0.1, 0.15) is 35.3 Å². The van der Waals surface area contributed by atoms with Crippen LogP contribution in [-0.4, -0.2) is 103 Å². The van der Waals surface area contributed by atoms with Gasteiger partial charge in [-0.05, 0) is 113 Å². The van der Waals surface area contributed by atoms with E-state index in [1.165, 1.54) is 25.2 Å². The molecule has 20 heteroatoms. The second-order valence-electron chi connectivity index (χ2n) is 21.1. The van der Waals surface area contributed by atoms with E-state index in [0.29, 0.717) is 84.0 Å². The maximum atomic E-state index is 17.0. The number of likely N-dealkylation sites (tertiary alicyclic amines) is 1. The normalized spacial score (nSPS) is 22.6. The molecular weight excluding hydrogens is 968 g/mol. The van der Waals surface area contributed by atoms with E-state index in [9.17, 15) is 19.2 Å². The molecule has 18 nitrogen and oxygen atoms in total. The first-order valence-corrected chi connectivity index (χ1v) is 26.7. The summed E-state index contributed by atoms with van der Waals surface area (Å²) in [6, 6.07) is 8.98. The van der Waals surface area contributed by atoms with Crippen LogP contribution >= 0.6 is 11.3 Å². The molecule has 2 aromatic carbocycles. The number of aromatic amines is 2. The summed E-state index contributed by atoms with van der Waals surface area (Å²) in [4.78, 5) is 77.1. The zero-order valence-corrected chi connectivity index (χ0v) is 43.2. The molecule has 8 atom stereocenters. The fourth-order valence-electron chi connectivity index (χ4n) is 11.2.